The van der Waals surface area contributed by atoms with Crippen molar-refractivity contribution in [3.63, 3.8) is 0 Å². The monoisotopic (exact) mass is 404 g/mol. The van der Waals surface area contributed by atoms with E-state index in [1.807, 2.05) is 0 Å². The van der Waals surface area contributed by atoms with E-state index in [2.05, 4.69) is 0 Å². The van der Waals surface area contributed by atoms with Gasteiger partial charge in [-0.2, -0.15) is 0 Å². The fourth-order valence-electron chi connectivity index (χ4n) is 2.00. The molecule has 0 spiro atoms. The maximum absolute atomic E-state index is 12.9. The van der Waals surface area contributed by atoms with E-state index in [1.165, 1.54) is 34.5 Å². The first-order valence-corrected chi connectivity index (χ1v) is 10.2. The number of nitro groups is 1. The molecule has 1 rings (SSSR count). The van der Waals surface area contributed by atoms with Gasteiger partial charge >= 0.3 is 5.97 Å². The van der Waals surface area contributed by atoms with Gasteiger partial charge in [0, 0.05) is 25.4 Å². The molecule has 10 heteroatoms. The third kappa shape index (κ3) is 7.81. The molecule has 0 heterocycles. The highest BCUT2D eigenvalue weighted by Crippen LogP contribution is 2.23. The molecule has 8 nitrogen and oxygen atoms in total. The van der Waals surface area contributed by atoms with Crippen molar-refractivity contribution in [2.75, 3.05) is 26.0 Å². The first-order chi connectivity index (χ1) is 12.2. The molecule has 0 saturated heterocycles. The van der Waals surface area contributed by atoms with E-state index in [-0.39, 0.29) is 36.7 Å². The SMILES string of the molecule is CSOCCN(CCC(=O)OC(C)(C)C)S(=O)c1ccccc1[N+](=O)[O-]. The number of hydrogen-bond donors (Lipinski definition) is 0. The van der Waals surface area contributed by atoms with Gasteiger partial charge in [-0.3, -0.25) is 14.9 Å². The second-order valence-corrected chi connectivity index (χ2v) is 8.25. The van der Waals surface area contributed by atoms with Crippen molar-refractivity contribution in [3.05, 3.63) is 34.4 Å². The Morgan fingerprint density at radius 2 is 1.96 bits per heavy atom. The van der Waals surface area contributed by atoms with Crippen LogP contribution in [0.4, 0.5) is 5.69 Å². The normalized spacial score (nSPS) is 12.8. The Kier molecular flexibility index (Phi) is 9.20. The number of esters is 1. The predicted molar refractivity (Wildman–Crippen MR) is 101 cm³/mol. The number of nitro benzene ring substituents is 1. The number of carbonyl (C=O) groups is 1. The molecule has 0 aliphatic carbocycles. The second-order valence-electron chi connectivity index (χ2n) is 6.23. The van der Waals surface area contributed by atoms with Crippen molar-refractivity contribution in [3.8, 4) is 0 Å². The summed E-state index contributed by atoms with van der Waals surface area (Å²) in [5.74, 6) is -0.423. The summed E-state index contributed by atoms with van der Waals surface area (Å²) in [5, 5.41) is 11.2. The Morgan fingerprint density at radius 1 is 1.31 bits per heavy atom. The Balaban J connectivity index is 2.90. The third-order valence-corrected chi connectivity index (χ3v) is 4.97. The Morgan fingerprint density at radius 3 is 2.54 bits per heavy atom. The van der Waals surface area contributed by atoms with Gasteiger partial charge in [-0.05, 0) is 38.9 Å². The van der Waals surface area contributed by atoms with Crippen LogP contribution in [-0.2, 0) is 24.7 Å². The summed E-state index contributed by atoms with van der Waals surface area (Å²) in [6.07, 6.45) is 1.77. The Bertz CT molecular complexity index is 648. The molecule has 0 radical (unpaired) electrons. The van der Waals surface area contributed by atoms with Gasteiger partial charge in [0.05, 0.1) is 18.0 Å². The number of rotatable bonds is 10. The molecule has 0 aliphatic rings. The minimum atomic E-state index is -1.80. The summed E-state index contributed by atoms with van der Waals surface area (Å²) in [5.41, 5.74) is -0.833. The highest BCUT2D eigenvalue weighted by Gasteiger charge is 2.25. The van der Waals surface area contributed by atoms with Gasteiger partial charge in [0.1, 0.15) is 21.5 Å². The lowest BCUT2D eigenvalue weighted by atomic mass is 10.2. The Hall–Kier alpha value is -1.49. The second kappa shape index (κ2) is 10.6. The van der Waals surface area contributed by atoms with Crippen LogP contribution in [-0.4, -0.2) is 51.0 Å². The third-order valence-electron chi connectivity index (χ3n) is 3.01. The fourth-order valence-corrected chi connectivity index (χ4v) is 3.54. The van der Waals surface area contributed by atoms with Crippen LogP contribution < -0.4 is 0 Å². The van der Waals surface area contributed by atoms with E-state index >= 15 is 0 Å². The van der Waals surface area contributed by atoms with Gasteiger partial charge in [0.2, 0.25) is 0 Å². The van der Waals surface area contributed by atoms with Crippen LogP contribution >= 0.6 is 12.0 Å². The Labute approximate surface area is 160 Å². The maximum Gasteiger partial charge on any atom is 0.307 e. The van der Waals surface area contributed by atoms with Crippen LogP contribution in [0.5, 0.6) is 0 Å². The van der Waals surface area contributed by atoms with Gasteiger partial charge in [-0.1, -0.05) is 12.1 Å². The number of hydrogen-bond acceptors (Lipinski definition) is 7. The van der Waals surface area contributed by atoms with Gasteiger partial charge in [0.25, 0.3) is 5.69 Å². The lowest BCUT2D eigenvalue weighted by Crippen LogP contribution is -2.33. The molecule has 1 unspecified atom stereocenters. The van der Waals surface area contributed by atoms with Crippen molar-refractivity contribution < 1.29 is 22.8 Å². The summed E-state index contributed by atoms with van der Waals surface area (Å²) in [4.78, 5) is 22.6. The smallest absolute Gasteiger partial charge is 0.307 e. The van der Waals surface area contributed by atoms with E-state index in [1.54, 1.807) is 33.1 Å². The van der Waals surface area contributed by atoms with Crippen molar-refractivity contribution >= 4 is 34.7 Å². The molecule has 0 fully saturated rings. The summed E-state index contributed by atoms with van der Waals surface area (Å²) in [6, 6.07) is 5.85. The molecule has 1 atom stereocenters. The summed E-state index contributed by atoms with van der Waals surface area (Å²) < 4.78 is 24.8. The molecule has 0 bridgehead atoms. The van der Waals surface area contributed by atoms with Crippen molar-refractivity contribution in [1.82, 2.24) is 4.31 Å². The zero-order valence-electron chi connectivity index (χ0n) is 15.3. The van der Waals surface area contributed by atoms with Crippen LogP contribution in [0.3, 0.4) is 0 Å². The van der Waals surface area contributed by atoms with Gasteiger partial charge in [-0.25, -0.2) is 8.51 Å². The summed E-state index contributed by atoms with van der Waals surface area (Å²) in [6.45, 7) is 5.94. The van der Waals surface area contributed by atoms with Crippen LogP contribution in [0.25, 0.3) is 0 Å². The lowest BCUT2D eigenvalue weighted by Gasteiger charge is -2.23. The highest BCUT2D eigenvalue weighted by molar-refractivity contribution is 7.93. The van der Waals surface area contributed by atoms with Crippen molar-refractivity contribution in [1.29, 1.82) is 0 Å². The van der Waals surface area contributed by atoms with E-state index in [9.17, 15) is 19.1 Å². The van der Waals surface area contributed by atoms with Crippen LogP contribution in [0.2, 0.25) is 0 Å². The van der Waals surface area contributed by atoms with Crippen molar-refractivity contribution in [2.45, 2.75) is 37.7 Å². The van der Waals surface area contributed by atoms with Gasteiger partial charge in [-0.15, -0.1) is 0 Å². The summed E-state index contributed by atoms with van der Waals surface area (Å²) in [7, 11) is -1.80. The lowest BCUT2D eigenvalue weighted by molar-refractivity contribution is -0.387. The molecular formula is C16H24N2O6S2. The number of carbonyl (C=O) groups excluding carboxylic acids is 1. The molecule has 0 saturated carbocycles. The molecule has 26 heavy (non-hydrogen) atoms. The summed E-state index contributed by atoms with van der Waals surface area (Å²) >= 11 is 1.17. The largest absolute Gasteiger partial charge is 0.460 e. The van der Waals surface area contributed by atoms with E-state index < -0.39 is 27.5 Å². The minimum absolute atomic E-state index is 0.0168. The molecule has 1 aromatic carbocycles. The topological polar surface area (TPSA) is 99.0 Å². The molecule has 0 N–H and O–H groups in total. The zero-order valence-corrected chi connectivity index (χ0v) is 16.9. The average molecular weight is 405 g/mol. The minimum Gasteiger partial charge on any atom is -0.460 e. The average Bonchev–Trinajstić information content (AvgIpc) is 2.55. The fraction of sp³-hybridized carbons (Fsp3) is 0.562. The highest BCUT2D eigenvalue weighted by atomic mass is 32.2. The maximum atomic E-state index is 12.9. The standard InChI is InChI=1S/C16H24N2O6S2/c1-16(2,3)24-15(19)9-10-17(11-12-23-25-4)26(22)14-8-6-5-7-13(14)18(20)21/h5-8H,9-12H2,1-4H3. The number of para-hydroxylation sites is 1. The van der Waals surface area contributed by atoms with E-state index in [4.69, 9.17) is 8.92 Å². The van der Waals surface area contributed by atoms with Crippen molar-refractivity contribution in [2.24, 2.45) is 0 Å². The number of ether oxygens (including phenoxy) is 1. The van der Waals surface area contributed by atoms with Crippen LogP contribution in [0, 0.1) is 10.1 Å². The molecule has 0 amide bonds. The van der Waals surface area contributed by atoms with E-state index in [0.29, 0.717) is 0 Å². The van der Waals surface area contributed by atoms with Crippen LogP contribution in [0.1, 0.15) is 27.2 Å². The predicted octanol–water partition coefficient (Wildman–Crippen LogP) is 2.95. The molecular weight excluding hydrogens is 380 g/mol. The molecule has 0 aliphatic heterocycles. The van der Waals surface area contributed by atoms with Gasteiger partial charge in [0.15, 0.2) is 0 Å². The van der Waals surface area contributed by atoms with Crippen LogP contribution in [0.15, 0.2) is 29.2 Å². The number of nitrogens with zero attached hydrogens (tertiary/aromatic N) is 2. The molecule has 0 aromatic heterocycles. The van der Waals surface area contributed by atoms with Gasteiger partial charge < -0.3 is 8.92 Å². The molecule has 1 aromatic rings. The number of benzene rings is 1. The quantitative estimate of drug-likeness (QED) is 0.194. The molecule has 146 valence electrons. The zero-order chi connectivity index (χ0) is 19.7. The van der Waals surface area contributed by atoms with E-state index in [0.717, 1.165) is 0 Å². The first kappa shape index (κ1) is 22.6. The first-order valence-electron chi connectivity index (χ1n) is 7.93.